The van der Waals surface area contributed by atoms with E-state index < -0.39 is 0 Å². The number of thiophene rings is 1. The molecule has 6 rings (SSSR count). The van der Waals surface area contributed by atoms with Crippen LogP contribution in [0.15, 0.2) is 95.7 Å². The molecule has 1 unspecified atom stereocenters. The molecule has 0 saturated carbocycles. The summed E-state index contributed by atoms with van der Waals surface area (Å²) in [5, 5.41) is 8.50. The fourth-order valence-corrected chi connectivity index (χ4v) is 5.30. The van der Waals surface area contributed by atoms with Crippen molar-refractivity contribution >= 4 is 34.0 Å². The molecule has 1 aliphatic rings. The predicted molar refractivity (Wildman–Crippen MR) is 141 cm³/mol. The molecule has 8 heteroatoms. The highest BCUT2D eigenvalue weighted by Gasteiger charge is 2.34. The van der Waals surface area contributed by atoms with Crippen molar-refractivity contribution < 1.29 is 9.53 Å². The van der Waals surface area contributed by atoms with Gasteiger partial charge in [0.05, 0.1) is 34.8 Å². The van der Waals surface area contributed by atoms with Gasteiger partial charge in [-0.05, 0) is 53.4 Å². The van der Waals surface area contributed by atoms with Crippen LogP contribution >= 0.6 is 11.3 Å². The molecule has 178 valence electrons. The van der Waals surface area contributed by atoms with Crippen LogP contribution in [0.3, 0.4) is 0 Å². The van der Waals surface area contributed by atoms with E-state index in [1.807, 2.05) is 82.7 Å². The normalized spacial score (nSPS) is 15.3. The molecule has 2 aromatic carbocycles. The maximum atomic E-state index is 13.9. The fourth-order valence-electron chi connectivity index (χ4n) is 4.58. The van der Waals surface area contributed by atoms with Crippen molar-refractivity contribution in [2.45, 2.75) is 19.0 Å². The number of nitrogens with zero attached hydrogens (tertiary/aromatic N) is 5. The molecule has 0 fully saturated rings. The van der Waals surface area contributed by atoms with Gasteiger partial charge >= 0.3 is 0 Å². The summed E-state index contributed by atoms with van der Waals surface area (Å²) in [6.45, 7) is 0.117. The lowest BCUT2D eigenvalue weighted by Crippen LogP contribution is -2.30. The molecule has 0 radical (unpaired) electrons. The van der Waals surface area contributed by atoms with Crippen molar-refractivity contribution in [2.24, 2.45) is 5.10 Å². The number of hydrazone groups is 1. The van der Waals surface area contributed by atoms with Crippen LogP contribution in [0, 0.1) is 0 Å². The standard InChI is InChI=1S/C28H23N5O2S/c1-35-21-10-8-19(9-11-21)25-17-23(26-7-4-16-36-26)31-33(25)27(34)18-32-24-6-3-2-5-22(24)30-28(32)20-12-14-29-15-13-20/h2-16,25H,17-18H2,1H3. The molecule has 5 aromatic rings. The van der Waals surface area contributed by atoms with E-state index in [0.717, 1.165) is 44.3 Å². The number of carbonyl (C=O) groups is 1. The summed E-state index contributed by atoms with van der Waals surface area (Å²) in [6.07, 6.45) is 4.12. The third-order valence-electron chi connectivity index (χ3n) is 6.36. The number of benzene rings is 2. The van der Waals surface area contributed by atoms with Gasteiger partial charge in [-0.1, -0.05) is 30.3 Å². The highest BCUT2D eigenvalue weighted by molar-refractivity contribution is 7.12. The highest BCUT2D eigenvalue weighted by Crippen LogP contribution is 2.35. The number of pyridine rings is 1. The number of ether oxygens (including phenoxy) is 1. The topological polar surface area (TPSA) is 72.6 Å². The Morgan fingerprint density at radius 3 is 2.58 bits per heavy atom. The summed E-state index contributed by atoms with van der Waals surface area (Å²) in [4.78, 5) is 23.9. The Morgan fingerprint density at radius 2 is 1.83 bits per heavy atom. The van der Waals surface area contributed by atoms with Crippen LogP contribution in [-0.4, -0.2) is 38.3 Å². The van der Waals surface area contributed by atoms with Crippen LogP contribution in [0.1, 0.15) is 22.9 Å². The monoisotopic (exact) mass is 493 g/mol. The first-order chi connectivity index (χ1) is 17.7. The highest BCUT2D eigenvalue weighted by atomic mass is 32.1. The number of carbonyl (C=O) groups excluding carboxylic acids is 1. The minimum Gasteiger partial charge on any atom is -0.497 e. The largest absolute Gasteiger partial charge is 0.497 e. The SMILES string of the molecule is COc1ccc(C2CC(c3cccs3)=NN2C(=O)Cn2c(-c3ccncc3)nc3ccccc32)cc1. The molecule has 0 N–H and O–H groups in total. The van der Waals surface area contributed by atoms with Gasteiger partial charge < -0.3 is 9.30 Å². The van der Waals surface area contributed by atoms with E-state index >= 15 is 0 Å². The van der Waals surface area contributed by atoms with Crippen LogP contribution in [0.2, 0.25) is 0 Å². The van der Waals surface area contributed by atoms with Gasteiger partial charge in [-0.25, -0.2) is 9.99 Å². The van der Waals surface area contributed by atoms with Gasteiger partial charge in [0.25, 0.3) is 5.91 Å². The van der Waals surface area contributed by atoms with Crippen molar-refractivity contribution in [3.8, 4) is 17.1 Å². The van der Waals surface area contributed by atoms with E-state index in [4.69, 9.17) is 14.8 Å². The lowest BCUT2D eigenvalue weighted by molar-refractivity contribution is -0.133. The Balaban J connectivity index is 1.39. The summed E-state index contributed by atoms with van der Waals surface area (Å²) >= 11 is 1.63. The Bertz CT molecular complexity index is 1540. The third-order valence-corrected chi connectivity index (χ3v) is 7.28. The summed E-state index contributed by atoms with van der Waals surface area (Å²) in [7, 11) is 1.65. The molecule has 7 nitrogen and oxygen atoms in total. The Labute approximate surface area is 212 Å². The van der Waals surface area contributed by atoms with Crippen LogP contribution in [0.5, 0.6) is 5.75 Å². The Hall–Kier alpha value is -4.30. The molecule has 0 aliphatic carbocycles. The first-order valence-corrected chi connectivity index (χ1v) is 12.5. The predicted octanol–water partition coefficient (Wildman–Crippen LogP) is 5.55. The van der Waals surface area contributed by atoms with Crippen molar-refractivity contribution in [3.63, 3.8) is 0 Å². The Morgan fingerprint density at radius 1 is 1.03 bits per heavy atom. The first kappa shape index (κ1) is 22.2. The zero-order valence-corrected chi connectivity index (χ0v) is 20.4. The summed E-state index contributed by atoms with van der Waals surface area (Å²) in [6, 6.07) is 23.4. The number of para-hydroxylation sites is 2. The van der Waals surface area contributed by atoms with Crippen LogP contribution in [0.25, 0.3) is 22.4 Å². The van der Waals surface area contributed by atoms with E-state index in [0.29, 0.717) is 6.42 Å². The molecule has 3 aromatic heterocycles. The van der Waals surface area contributed by atoms with Gasteiger partial charge in [0, 0.05) is 24.4 Å². The molecule has 36 heavy (non-hydrogen) atoms. The van der Waals surface area contributed by atoms with E-state index in [-0.39, 0.29) is 18.5 Å². The van der Waals surface area contributed by atoms with Crippen LogP contribution < -0.4 is 4.74 Å². The van der Waals surface area contributed by atoms with Gasteiger partial charge in [-0.2, -0.15) is 5.10 Å². The lowest BCUT2D eigenvalue weighted by atomic mass is 10.0. The van der Waals surface area contributed by atoms with Crippen molar-refractivity contribution in [1.82, 2.24) is 19.5 Å². The molecule has 4 heterocycles. The number of amides is 1. The summed E-state index contributed by atoms with van der Waals surface area (Å²) < 4.78 is 7.30. The summed E-state index contributed by atoms with van der Waals surface area (Å²) in [5.41, 5.74) is 4.59. The third kappa shape index (κ3) is 4.05. The molecule has 0 spiro atoms. The minimum atomic E-state index is -0.195. The number of hydrogen-bond acceptors (Lipinski definition) is 6. The number of rotatable bonds is 6. The molecule has 1 aliphatic heterocycles. The first-order valence-electron chi connectivity index (χ1n) is 11.6. The zero-order valence-electron chi connectivity index (χ0n) is 19.6. The quantitative estimate of drug-likeness (QED) is 0.311. The lowest BCUT2D eigenvalue weighted by Gasteiger charge is -2.23. The minimum absolute atomic E-state index is 0.0965. The molecule has 0 saturated heterocycles. The van der Waals surface area contributed by atoms with E-state index in [2.05, 4.69) is 4.98 Å². The second-order valence-corrected chi connectivity index (χ2v) is 9.45. The van der Waals surface area contributed by atoms with Gasteiger partial charge in [0.2, 0.25) is 0 Å². The van der Waals surface area contributed by atoms with Crippen molar-refractivity contribution in [1.29, 1.82) is 0 Å². The number of methoxy groups -OCH3 is 1. The van der Waals surface area contributed by atoms with Gasteiger partial charge in [0.1, 0.15) is 18.1 Å². The zero-order chi connectivity index (χ0) is 24.5. The maximum absolute atomic E-state index is 13.9. The number of imidazole rings is 1. The maximum Gasteiger partial charge on any atom is 0.263 e. The van der Waals surface area contributed by atoms with E-state index in [1.165, 1.54) is 0 Å². The van der Waals surface area contributed by atoms with E-state index in [9.17, 15) is 4.79 Å². The smallest absolute Gasteiger partial charge is 0.263 e. The average Bonchev–Trinajstić information content (AvgIpc) is 3.68. The van der Waals surface area contributed by atoms with Gasteiger partial charge in [-0.15, -0.1) is 11.3 Å². The summed E-state index contributed by atoms with van der Waals surface area (Å²) in [5.74, 6) is 1.41. The number of aromatic nitrogens is 3. The molecule has 1 amide bonds. The number of hydrogen-bond donors (Lipinski definition) is 0. The van der Waals surface area contributed by atoms with Crippen molar-refractivity contribution in [3.05, 3.63) is 101 Å². The molecule has 1 atom stereocenters. The number of fused-ring (bicyclic) bond motifs is 1. The molecule has 0 bridgehead atoms. The molecular weight excluding hydrogens is 470 g/mol. The van der Waals surface area contributed by atoms with E-state index in [1.54, 1.807) is 35.8 Å². The van der Waals surface area contributed by atoms with Gasteiger partial charge in [0.15, 0.2) is 0 Å². The molecular formula is C28H23N5O2S. The van der Waals surface area contributed by atoms with Crippen molar-refractivity contribution in [2.75, 3.05) is 7.11 Å². The second kappa shape index (κ2) is 9.39. The fraction of sp³-hybridized carbons (Fsp3) is 0.143. The van der Waals surface area contributed by atoms with Crippen LogP contribution in [-0.2, 0) is 11.3 Å². The second-order valence-electron chi connectivity index (χ2n) is 8.50. The Kier molecular flexibility index (Phi) is 5.79. The average molecular weight is 494 g/mol. The van der Waals surface area contributed by atoms with Gasteiger partial charge in [-0.3, -0.25) is 9.78 Å². The van der Waals surface area contributed by atoms with Crippen LogP contribution in [0.4, 0.5) is 0 Å².